The molecule has 26 heavy (non-hydrogen) atoms. The second kappa shape index (κ2) is 8.31. The molecule has 2 saturated heterocycles. The second-order valence-electron chi connectivity index (χ2n) is 6.75. The molecule has 7 heteroatoms. The summed E-state index contributed by atoms with van der Waals surface area (Å²) in [6, 6.07) is 9.61. The van der Waals surface area contributed by atoms with Gasteiger partial charge in [-0.15, -0.1) is 0 Å². The van der Waals surface area contributed by atoms with E-state index in [9.17, 15) is 14.4 Å². The largest absolute Gasteiger partial charge is 0.339 e. The fourth-order valence-electron chi connectivity index (χ4n) is 3.40. The van der Waals surface area contributed by atoms with E-state index in [1.165, 1.54) is 4.90 Å². The lowest BCUT2D eigenvalue weighted by atomic mass is 10.2. The van der Waals surface area contributed by atoms with Crippen molar-refractivity contribution in [2.24, 2.45) is 0 Å². The highest BCUT2D eigenvalue weighted by molar-refractivity contribution is 6.35. The number of rotatable bonds is 5. The molecule has 2 fully saturated rings. The van der Waals surface area contributed by atoms with Crippen LogP contribution in [0.5, 0.6) is 0 Å². The molecule has 3 amide bonds. The predicted octanol–water partition coefficient (Wildman–Crippen LogP) is 0.0215. The molecule has 2 aliphatic heterocycles. The minimum Gasteiger partial charge on any atom is -0.339 e. The fourth-order valence-corrected chi connectivity index (χ4v) is 3.40. The van der Waals surface area contributed by atoms with E-state index in [1.54, 1.807) is 9.80 Å². The molecular weight excluding hydrogens is 332 g/mol. The Kier molecular flexibility index (Phi) is 5.88. The zero-order valence-corrected chi connectivity index (χ0v) is 15.3. The van der Waals surface area contributed by atoms with Gasteiger partial charge in [-0.3, -0.25) is 14.4 Å². The van der Waals surface area contributed by atoms with Crippen molar-refractivity contribution < 1.29 is 14.4 Å². The monoisotopic (exact) mass is 358 g/mol. The number of piperazine rings is 2. The number of benzene rings is 1. The van der Waals surface area contributed by atoms with Gasteiger partial charge in [-0.2, -0.15) is 0 Å². The molecule has 1 aromatic rings. The van der Waals surface area contributed by atoms with Gasteiger partial charge in [0.15, 0.2) is 0 Å². The Morgan fingerprint density at radius 2 is 1.50 bits per heavy atom. The summed E-state index contributed by atoms with van der Waals surface area (Å²) in [5.41, 5.74) is 0.993. The van der Waals surface area contributed by atoms with Crippen molar-refractivity contribution >= 4 is 17.7 Å². The molecule has 2 aliphatic rings. The van der Waals surface area contributed by atoms with Crippen molar-refractivity contribution in [3.8, 4) is 0 Å². The van der Waals surface area contributed by atoms with E-state index in [-0.39, 0.29) is 12.5 Å². The molecule has 0 saturated carbocycles. The Morgan fingerprint density at radius 1 is 0.885 bits per heavy atom. The Morgan fingerprint density at radius 3 is 2.15 bits per heavy atom. The van der Waals surface area contributed by atoms with Crippen LogP contribution in [0.3, 0.4) is 0 Å². The number of likely N-dealkylation sites (N-methyl/N-ethyl adjacent to an activating group) is 1. The van der Waals surface area contributed by atoms with E-state index < -0.39 is 11.8 Å². The summed E-state index contributed by atoms with van der Waals surface area (Å²) < 4.78 is 0. The summed E-state index contributed by atoms with van der Waals surface area (Å²) in [6.07, 6.45) is 0. The average molecular weight is 358 g/mol. The van der Waals surface area contributed by atoms with Gasteiger partial charge in [0.05, 0.1) is 0 Å². The molecule has 3 rings (SSSR count). The Labute approximate surface area is 154 Å². The Hall–Kier alpha value is -2.41. The number of nitrogens with zero attached hydrogens (tertiary/aromatic N) is 4. The van der Waals surface area contributed by atoms with Gasteiger partial charge in [-0.1, -0.05) is 37.3 Å². The van der Waals surface area contributed by atoms with E-state index in [2.05, 4.69) is 11.8 Å². The van der Waals surface area contributed by atoms with Crippen LogP contribution in [0.4, 0.5) is 0 Å². The second-order valence-corrected chi connectivity index (χ2v) is 6.75. The maximum absolute atomic E-state index is 12.5. The lowest BCUT2D eigenvalue weighted by Crippen LogP contribution is -2.57. The number of hydrogen-bond donors (Lipinski definition) is 0. The molecule has 140 valence electrons. The van der Waals surface area contributed by atoms with E-state index in [0.29, 0.717) is 32.7 Å². The Balaban J connectivity index is 1.52. The van der Waals surface area contributed by atoms with Crippen LogP contribution < -0.4 is 0 Å². The molecule has 0 aromatic heterocycles. The molecule has 1 aromatic carbocycles. The van der Waals surface area contributed by atoms with Crippen LogP contribution in [-0.2, 0) is 20.9 Å². The first-order chi connectivity index (χ1) is 12.6. The highest BCUT2D eigenvalue weighted by Crippen LogP contribution is 2.11. The van der Waals surface area contributed by atoms with Crippen molar-refractivity contribution in [1.82, 2.24) is 19.6 Å². The average Bonchev–Trinajstić information content (AvgIpc) is 2.68. The smallest absolute Gasteiger partial charge is 0.312 e. The number of amides is 3. The van der Waals surface area contributed by atoms with Crippen LogP contribution in [0.2, 0.25) is 0 Å². The van der Waals surface area contributed by atoms with Crippen molar-refractivity contribution in [1.29, 1.82) is 0 Å². The van der Waals surface area contributed by atoms with Crippen LogP contribution in [0.1, 0.15) is 12.5 Å². The van der Waals surface area contributed by atoms with E-state index in [1.807, 2.05) is 30.3 Å². The zero-order chi connectivity index (χ0) is 18.5. The minimum absolute atomic E-state index is 0.00409. The third-order valence-electron chi connectivity index (χ3n) is 5.11. The van der Waals surface area contributed by atoms with Gasteiger partial charge in [0.1, 0.15) is 6.54 Å². The van der Waals surface area contributed by atoms with Gasteiger partial charge < -0.3 is 19.6 Å². The van der Waals surface area contributed by atoms with Gasteiger partial charge in [0, 0.05) is 45.8 Å². The summed E-state index contributed by atoms with van der Waals surface area (Å²) in [5, 5.41) is 0. The fraction of sp³-hybridized carbons (Fsp3) is 0.526. The van der Waals surface area contributed by atoms with Crippen LogP contribution >= 0.6 is 0 Å². The molecule has 2 heterocycles. The van der Waals surface area contributed by atoms with Crippen molar-refractivity contribution in [3.05, 3.63) is 35.9 Å². The van der Waals surface area contributed by atoms with Crippen LogP contribution in [0.15, 0.2) is 30.3 Å². The summed E-state index contributed by atoms with van der Waals surface area (Å²) >= 11 is 0. The van der Waals surface area contributed by atoms with E-state index in [0.717, 1.165) is 25.2 Å². The molecule has 0 bridgehead atoms. The summed E-state index contributed by atoms with van der Waals surface area (Å²) in [6.45, 7) is 7.46. The first-order valence-corrected chi connectivity index (χ1v) is 9.20. The van der Waals surface area contributed by atoms with Gasteiger partial charge in [-0.05, 0) is 12.1 Å². The maximum atomic E-state index is 12.5. The number of carbonyl (C=O) groups excluding carboxylic acids is 3. The van der Waals surface area contributed by atoms with Crippen molar-refractivity contribution in [3.63, 3.8) is 0 Å². The van der Waals surface area contributed by atoms with Gasteiger partial charge >= 0.3 is 11.8 Å². The van der Waals surface area contributed by atoms with Gasteiger partial charge in [-0.25, -0.2) is 0 Å². The lowest BCUT2D eigenvalue weighted by Gasteiger charge is -2.37. The van der Waals surface area contributed by atoms with Crippen LogP contribution in [-0.4, -0.2) is 89.7 Å². The molecule has 0 spiro atoms. The molecular formula is C19H26N4O3. The molecule has 0 atom stereocenters. The molecule has 0 N–H and O–H groups in total. The number of hydrogen-bond acceptors (Lipinski definition) is 4. The highest BCUT2D eigenvalue weighted by Gasteiger charge is 2.34. The SMILES string of the molecule is CCN1CCN(C(=O)CN2CCN(Cc3ccccc3)C(=O)C2=O)CC1. The van der Waals surface area contributed by atoms with Crippen LogP contribution in [0.25, 0.3) is 0 Å². The normalized spacial score (nSPS) is 19.2. The quantitative estimate of drug-likeness (QED) is 0.697. The maximum Gasteiger partial charge on any atom is 0.312 e. The minimum atomic E-state index is -0.576. The topological polar surface area (TPSA) is 64.2 Å². The third-order valence-corrected chi connectivity index (χ3v) is 5.11. The molecule has 7 nitrogen and oxygen atoms in total. The highest BCUT2D eigenvalue weighted by atomic mass is 16.2. The molecule has 0 radical (unpaired) electrons. The third kappa shape index (κ3) is 4.22. The van der Waals surface area contributed by atoms with E-state index in [4.69, 9.17) is 0 Å². The van der Waals surface area contributed by atoms with Crippen LogP contribution in [0, 0.1) is 0 Å². The van der Waals surface area contributed by atoms with E-state index >= 15 is 0 Å². The van der Waals surface area contributed by atoms with Crippen molar-refractivity contribution in [2.45, 2.75) is 13.5 Å². The van der Waals surface area contributed by atoms with Gasteiger partial charge in [0.2, 0.25) is 5.91 Å². The Bertz CT molecular complexity index is 656. The van der Waals surface area contributed by atoms with Crippen molar-refractivity contribution in [2.75, 3.05) is 52.4 Å². The summed E-state index contributed by atoms with van der Waals surface area (Å²) in [4.78, 5) is 44.3. The molecule has 0 aliphatic carbocycles. The summed E-state index contributed by atoms with van der Waals surface area (Å²) in [5.74, 6) is -1.17. The summed E-state index contributed by atoms with van der Waals surface area (Å²) in [7, 11) is 0. The lowest BCUT2D eigenvalue weighted by molar-refractivity contribution is -0.158. The standard InChI is InChI=1S/C19H26N4O3/c1-2-20-8-10-21(11-9-20)17(24)15-23-13-12-22(18(25)19(23)26)14-16-6-4-3-5-7-16/h3-7H,2,8-15H2,1H3. The first kappa shape index (κ1) is 18.4. The molecule has 0 unspecified atom stereocenters. The van der Waals surface area contributed by atoms with Gasteiger partial charge in [0.25, 0.3) is 0 Å². The number of carbonyl (C=O) groups is 3. The zero-order valence-electron chi connectivity index (χ0n) is 15.3. The first-order valence-electron chi connectivity index (χ1n) is 9.20. The predicted molar refractivity (Wildman–Crippen MR) is 97.1 cm³/mol.